The van der Waals surface area contributed by atoms with E-state index in [4.69, 9.17) is 10.5 Å². The lowest BCUT2D eigenvalue weighted by atomic mass is 10.3. The lowest BCUT2D eigenvalue weighted by Crippen LogP contribution is -2.30. The molecule has 1 unspecified atom stereocenters. The van der Waals surface area contributed by atoms with Crippen LogP contribution in [0.3, 0.4) is 0 Å². The Hall–Kier alpha value is -1.69. The summed E-state index contributed by atoms with van der Waals surface area (Å²) in [5.41, 5.74) is 6.29. The van der Waals surface area contributed by atoms with Crippen LogP contribution in [0.1, 0.15) is 13.3 Å². The Morgan fingerprint density at radius 2 is 2.21 bits per heavy atom. The smallest absolute Gasteiger partial charge is 0.243 e. The molecular weight excluding hydrogens is 264 g/mol. The first kappa shape index (κ1) is 13.7. The third-order valence-corrected chi connectivity index (χ3v) is 4.22. The fraction of sp³-hybridized carbons (Fsp3) is 0.385. The van der Waals surface area contributed by atoms with Gasteiger partial charge in [-0.15, -0.1) is 11.8 Å². The lowest BCUT2D eigenvalue weighted by Gasteiger charge is -2.13. The summed E-state index contributed by atoms with van der Waals surface area (Å²) in [5, 5.41) is -0.370. The van der Waals surface area contributed by atoms with Gasteiger partial charge in [0.05, 0.1) is 17.3 Å². The molecule has 2 rings (SSSR count). The van der Waals surface area contributed by atoms with Crippen molar-refractivity contribution in [2.45, 2.75) is 23.5 Å². The SMILES string of the molecule is CCN1C(=O)CC(Sc2ccc(N)cc2OC)C1=O. The van der Waals surface area contributed by atoms with Crippen molar-refractivity contribution in [3.05, 3.63) is 18.2 Å². The quantitative estimate of drug-likeness (QED) is 0.668. The van der Waals surface area contributed by atoms with Gasteiger partial charge in [0.15, 0.2) is 0 Å². The van der Waals surface area contributed by atoms with E-state index in [-0.39, 0.29) is 23.5 Å². The molecule has 0 aliphatic carbocycles. The maximum atomic E-state index is 12.0. The number of nitrogen functional groups attached to an aromatic ring is 1. The summed E-state index contributed by atoms with van der Waals surface area (Å²) in [6, 6.07) is 5.27. The lowest BCUT2D eigenvalue weighted by molar-refractivity contribution is -0.137. The molecule has 0 bridgehead atoms. The van der Waals surface area contributed by atoms with Crippen molar-refractivity contribution in [3.63, 3.8) is 0 Å². The highest BCUT2D eigenvalue weighted by Crippen LogP contribution is 2.37. The number of thioether (sulfide) groups is 1. The van der Waals surface area contributed by atoms with Gasteiger partial charge in [0.2, 0.25) is 11.8 Å². The maximum Gasteiger partial charge on any atom is 0.243 e. The van der Waals surface area contributed by atoms with E-state index in [1.54, 1.807) is 26.2 Å². The molecule has 6 heteroatoms. The number of amides is 2. The predicted molar refractivity (Wildman–Crippen MR) is 74.1 cm³/mol. The van der Waals surface area contributed by atoms with E-state index in [0.717, 1.165) is 4.90 Å². The summed E-state index contributed by atoms with van der Waals surface area (Å²) >= 11 is 1.35. The van der Waals surface area contributed by atoms with Crippen molar-refractivity contribution in [2.24, 2.45) is 0 Å². The summed E-state index contributed by atoms with van der Waals surface area (Å²) in [6.45, 7) is 2.22. The minimum Gasteiger partial charge on any atom is -0.496 e. The largest absolute Gasteiger partial charge is 0.496 e. The van der Waals surface area contributed by atoms with Gasteiger partial charge in [0, 0.05) is 24.7 Å². The fourth-order valence-electron chi connectivity index (χ4n) is 2.01. The van der Waals surface area contributed by atoms with E-state index in [1.165, 1.54) is 16.7 Å². The first-order valence-corrected chi connectivity index (χ1v) is 6.89. The highest BCUT2D eigenvalue weighted by atomic mass is 32.2. The van der Waals surface area contributed by atoms with Crippen LogP contribution in [0.25, 0.3) is 0 Å². The molecule has 1 fully saturated rings. The van der Waals surface area contributed by atoms with Crippen LogP contribution >= 0.6 is 11.8 Å². The second-order valence-electron chi connectivity index (χ2n) is 4.20. The first-order valence-electron chi connectivity index (χ1n) is 6.01. The molecule has 0 spiro atoms. The average Bonchev–Trinajstić information content (AvgIpc) is 2.66. The van der Waals surface area contributed by atoms with Crippen LogP contribution in [-0.4, -0.2) is 35.6 Å². The summed E-state index contributed by atoms with van der Waals surface area (Å²) < 4.78 is 5.24. The van der Waals surface area contributed by atoms with Gasteiger partial charge in [0.25, 0.3) is 0 Å². The number of nitrogens with zero attached hydrogens (tertiary/aromatic N) is 1. The second kappa shape index (κ2) is 5.52. The zero-order valence-electron chi connectivity index (χ0n) is 10.9. The standard InChI is InChI=1S/C13H16N2O3S/c1-3-15-12(16)7-11(13(15)17)19-10-5-4-8(14)6-9(10)18-2/h4-6,11H,3,7,14H2,1-2H3. The van der Waals surface area contributed by atoms with Crippen LogP contribution in [0.5, 0.6) is 5.75 Å². The molecule has 19 heavy (non-hydrogen) atoms. The molecule has 2 amide bonds. The van der Waals surface area contributed by atoms with Gasteiger partial charge in [-0.2, -0.15) is 0 Å². The number of hydrogen-bond donors (Lipinski definition) is 1. The summed E-state index contributed by atoms with van der Waals surface area (Å²) in [5.74, 6) is 0.385. The molecule has 2 N–H and O–H groups in total. The molecule has 1 atom stereocenters. The van der Waals surface area contributed by atoms with Crippen LogP contribution in [0.2, 0.25) is 0 Å². The van der Waals surface area contributed by atoms with Crippen molar-refractivity contribution in [2.75, 3.05) is 19.4 Å². The molecule has 1 aromatic rings. The number of carbonyl (C=O) groups excluding carboxylic acids is 2. The van der Waals surface area contributed by atoms with Gasteiger partial charge in [-0.3, -0.25) is 14.5 Å². The molecule has 1 saturated heterocycles. The number of ether oxygens (including phenoxy) is 1. The van der Waals surface area contributed by atoms with Crippen LogP contribution in [0.15, 0.2) is 23.1 Å². The van der Waals surface area contributed by atoms with Gasteiger partial charge in [-0.1, -0.05) is 0 Å². The van der Waals surface area contributed by atoms with Crippen molar-refractivity contribution in [1.82, 2.24) is 4.90 Å². The molecule has 0 radical (unpaired) electrons. The molecule has 1 aliphatic rings. The third kappa shape index (κ3) is 2.68. The van der Waals surface area contributed by atoms with Gasteiger partial charge in [-0.05, 0) is 19.1 Å². The molecule has 102 valence electrons. The number of carbonyl (C=O) groups is 2. The average molecular weight is 280 g/mol. The van der Waals surface area contributed by atoms with E-state index >= 15 is 0 Å². The summed E-state index contributed by atoms with van der Waals surface area (Å²) in [7, 11) is 1.55. The molecule has 0 saturated carbocycles. The Balaban J connectivity index is 2.18. The number of benzene rings is 1. The van der Waals surface area contributed by atoms with Crippen molar-refractivity contribution >= 4 is 29.3 Å². The van der Waals surface area contributed by atoms with E-state index in [1.807, 2.05) is 6.07 Å². The normalized spacial score (nSPS) is 19.1. The van der Waals surface area contributed by atoms with E-state index in [2.05, 4.69) is 0 Å². The number of rotatable bonds is 4. The highest BCUT2D eigenvalue weighted by Gasteiger charge is 2.38. The minimum absolute atomic E-state index is 0.112. The molecular formula is C13H16N2O3S. The van der Waals surface area contributed by atoms with Crippen LogP contribution in [0.4, 0.5) is 5.69 Å². The van der Waals surface area contributed by atoms with E-state index in [0.29, 0.717) is 18.0 Å². The van der Waals surface area contributed by atoms with Crippen LogP contribution in [-0.2, 0) is 9.59 Å². The van der Waals surface area contributed by atoms with Crippen molar-refractivity contribution < 1.29 is 14.3 Å². The Labute approximate surface area is 116 Å². The Bertz CT molecular complexity index is 519. The van der Waals surface area contributed by atoms with E-state index < -0.39 is 0 Å². The Morgan fingerprint density at radius 1 is 1.47 bits per heavy atom. The topological polar surface area (TPSA) is 72.6 Å². The number of anilines is 1. The number of likely N-dealkylation sites (tertiary alicyclic amines) is 1. The first-order chi connectivity index (χ1) is 9.06. The molecule has 5 nitrogen and oxygen atoms in total. The third-order valence-electron chi connectivity index (χ3n) is 2.98. The van der Waals surface area contributed by atoms with Gasteiger partial charge >= 0.3 is 0 Å². The zero-order chi connectivity index (χ0) is 14.0. The van der Waals surface area contributed by atoms with E-state index in [9.17, 15) is 9.59 Å². The van der Waals surface area contributed by atoms with Crippen molar-refractivity contribution in [1.29, 1.82) is 0 Å². The Kier molecular flexibility index (Phi) is 3.99. The monoisotopic (exact) mass is 280 g/mol. The van der Waals surface area contributed by atoms with Gasteiger partial charge in [-0.25, -0.2) is 0 Å². The molecule has 1 aromatic carbocycles. The predicted octanol–water partition coefficient (Wildman–Crippen LogP) is 1.52. The number of imide groups is 1. The Morgan fingerprint density at radius 3 is 2.79 bits per heavy atom. The maximum absolute atomic E-state index is 12.0. The summed E-state index contributed by atoms with van der Waals surface area (Å²) in [6.07, 6.45) is 0.241. The van der Waals surface area contributed by atoms with Crippen molar-refractivity contribution in [3.8, 4) is 5.75 Å². The molecule has 0 aromatic heterocycles. The van der Waals surface area contributed by atoms with Gasteiger partial charge in [0.1, 0.15) is 5.75 Å². The highest BCUT2D eigenvalue weighted by molar-refractivity contribution is 8.00. The van der Waals surface area contributed by atoms with Crippen LogP contribution in [0, 0.1) is 0 Å². The summed E-state index contributed by atoms with van der Waals surface area (Å²) in [4.78, 5) is 25.8. The number of nitrogens with two attached hydrogens (primary N) is 1. The van der Waals surface area contributed by atoms with Gasteiger partial charge < -0.3 is 10.5 Å². The molecule has 1 heterocycles. The number of hydrogen-bond acceptors (Lipinski definition) is 5. The fourth-order valence-corrected chi connectivity index (χ4v) is 3.18. The number of methoxy groups -OCH3 is 1. The zero-order valence-corrected chi connectivity index (χ0v) is 11.7. The van der Waals surface area contributed by atoms with Crippen LogP contribution < -0.4 is 10.5 Å². The molecule has 1 aliphatic heterocycles. The second-order valence-corrected chi connectivity index (χ2v) is 5.44. The minimum atomic E-state index is -0.370.